The largest absolute Gasteiger partial charge is 0.476 e. The summed E-state index contributed by atoms with van der Waals surface area (Å²) in [5.74, 6) is 3.18. The van der Waals surface area contributed by atoms with Gasteiger partial charge in [0.1, 0.15) is 24.4 Å². The zero-order valence-corrected chi connectivity index (χ0v) is 29.4. The number of hydrogen-bond acceptors (Lipinski definition) is 9. The van der Waals surface area contributed by atoms with Gasteiger partial charge in [0.15, 0.2) is 0 Å². The Balaban J connectivity index is 1.19. The van der Waals surface area contributed by atoms with Crippen molar-refractivity contribution in [3.8, 4) is 17.1 Å². The molecule has 0 radical (unpaired) electrons. The molecule has 10 heteroatoms. The Morgan fingerprint density at radius 3 is 2.58 bits per heavy atom. The number of carbonyl (C=O) groups excluding carboxylic acids is 1. The zero-order chi connectivity index (χ0) is 33.6. The maximum atomic E-state index is 11.3. The van der Waals surface area contributed by atoms with Crippen molar-refractivity contribution in [2.75, 3.05) is 23.2 Å². The molecule has 2 atom stereocenters. The highest BCUT2D eigenvalue weighted by molar-refractivity contribution is 8.00. The van der Waals surface area contributed by atoms with E-state index in [4.69, 9.17) is 19.7 Å². The third-order valence-corrected chi connectivity index (χ3v) is 10.2. The molecule has 4 aromatic rings. The van der Waals surface area contributed by atoms with Crippen molar-refractivity contribution in [2.45, 2.75) is 82.7 Å². The third kappa shape index (κ3) is 8.10. The number of fused-ring (bicyclic) bond motifs is 1. The molecular weight excluding hydrogens is 619 g/mol. The van der Waals surface area contributed by atoms with Crippen LogP contribution in [0.2, 0.25) is 0 Å². The van der Waals surface area contributed by atoms with Crippen molar-refractivity contribution in [1.82, 2.24) is 19.9 Å². The molecule has 0 amide bonds. The SMILES string of the molecule is Cc1cccc(C)c1-c1cc(OCC(CC2CCCC2)NCC2C=Nc3cc(C(C)C)n(C)c3N2)nc(NSc2cccc(C=O)c2)n1. The van der Waals surface area contributed by atoms with Crippen LogP contribution in [0.4, 0.5) is 17.5 Å². The van der Waals surface area contributed by atoms with Crippen molar-refractivity contribution in [2.24, 2.45) is 18.0 Å². The van der Waals surface area contributed by atoms with E-state index in [2.05, 4.69) is 78.9 Å². The summed E-state index contributed by atoms with van der Waals surface area (Å²) in [5.41, 5.74) is 7.06. The molecule has 0 saturated heterocycles. The minimum atomic E-state index is 0.0809. The Bertz CT molecular complexity index is 1740. The molecule has 1 saturated carbocycles. The highest BCUT2D eigenvalue weighted by atomic mass is 32.2. The van der Waals surface area contributed by atoms with Gasteiger partial charge in [-0.3, -0.25) is 14.5 Å². The van der Waals surface area contributed by atoms with Crippen molar-refractivity contribution >= 4 is 41.9 Å². The summed E-state index contributed by atoms with van der Waals surface area (Å²) < 4.78 is 12.1. The highest BCUT2D eigenvalue weighted by Gasteiger charge is 2.24. The molecular formula is C38H47N7O2S. The van der Waals surface area contributed by atoms with Crippen LogP contribution in [-0.2, 0) is 7.05 Å². The van der Waals surface area contributed by atoms with E-state index in [-0.39, 0.29) is 12.1 Å². The monoisotopic (exact) mass is 665 g/mol. The van der Waals surface area contributed by atoms with Gasteiger partial charge in [-0.2, -0.15) is 4.98 Å². The fraction of sp³-hybridized carbons (Fsp3) is 0.421. The number of ether oxygens (including phenoxy) is 1. The van der Waals surface area contributed by atoms with Crippen molar-refractivity contribution < 1.29 is 9.53 Å². The predicted molar refractivity (Wildman–Crippen MR) is 197 cm³/mol. The van der Waals surface area contributed by atoms with E-state index in [1.807, 2.05) is 30.5 Å². The van der Waals surface area contributed by atoms with Crippen LogP contribution in [0.5, 0.6) is 5.88 Å². The summed E-state index contributed by atoms with van der Waals surface area (Å²) in [4.78, 5) is 26.7. The summed E-state index contributed by atoms with van der Waals surface area (Å²) >= 11 is 1.37. The number of nitrogens with one attached hydrogen (secondary N) is 3. The first-order valence-corrected chi connectivity index (χ1v) is 17.9. The van der Waals surface area contributed by atoms with Crippen LogP contribution >= 0.6 is 11.9 Å². The maximum Gasteiger partial charge on any atom is 0.237 e. The molecule has 2 aromatic carbocycles. The first-order valence-electron chi connectivity index (χ1n) is 17.1. The second-order valence-electron chi connectivity index (χ2n) is 13.4. The Labute approximate surface area is 288 Å². The zero-order valence-electron chi connectivity index (χ0n) is 28.6. The fourth-order valence-electron chi connectivity index (χ4n) is 6.90. The molecule has 1 fully saturated rings. The molecule has 6 rings (SSSR count). The second-order valence-corrected chi connectivity index (χ2v) is 14.3. The van der Waals surface area contributed by atoms with Crippen LogP contribution in [0.3, 0.4) is 0 Å². The molecule has 2 unspecified atom stereocenters. The number of aldehydes is 1. The highest BCUT2D eigenvalue weighted by Crippen LogP contribution is 2.35. The van der Waals surface area contributed by atoms with Crippen molar-refractivity contribution in [3.05, 3.63) is 77.0 Å². The van der Waals surface area contributed by atoms with Crippen LogP contribution in [0.25, 0.3) is 11.3 Å². The molecule has 1 aliphatic heterocycles. The number of nitrogens with zero attached hydrogens (tertiary/aromatic N) is 4. The van der Waals surface area contributed by atoms with Gasteiger partial charge in [-0.1, -0.05) is 69.9 Å². The lowest BCUT2D eigenvalue weighted by Crippen LogP contribution is -2.44. The van der Waals surface area contributed by atoms with E-state index >= 15 is 0 Å². The number of benzene rings is 2. The summed E-state index contributed by atoms with van der Waals surface area (Å²) in [7, 11) is 2.11. The molecule has 48 heavy (non-hydrogen) atoms. The van der Waals surface area contributed by atoms with Gasteiger partial charge in [0.05, 0.1) is 11.7 Å². The average Bonchev–Trinajstić information content (AvgIpc) is 3.72. The molecule has 3 N–H and O–H groups in total. The van der Waals surface area contributed by atoms with E-state index in [0.29, 0.717) is 35.8 Å². The molecule has 252 valence electrons. The van der Waals surface area contributed by atoms with Gasteiger partial charge in [-0.15, -0.1) is 0 Å². The van der Waals surface area contributed by atoms with Gasteiger partial charge in [0, 0.05) is 53.6 Å². The van der Waals surface area contributed by atoms with Gasteiger partial charge in [0.25, 0.3) is 0 Å². The molecule has 2 aliphatic rings. The van der Waals surface area contributed by atoms with Crippen LogP contribution in [0.15, 0.2) is 64.5 Å². The molecule has 3 heterocycles. The topological polar surface area (TPSA) is 105 Å². The Morgan fingerprint density at radius 1 is 1.06 bits per heavy atom. The quantitative estimate of drug-likeness (QED) is 0.0913. The van der Waals surface area contributed by atoms with Crippen molar-refractivity contribution in [3.63, 3.8) is 0 Å². The lowest BCUT2D eigenvalue weighted by atomic mass is 9.98. The molecule has 1 aliphatic carbocycles. The fourth-order valence-corrected chi connectivity index (χ4v) is 7.54. The first kappa shape index (κ1) is 33.7. The minimum Gasteiger partial charge on any atom is -0.476 e. The molecule has 0 spiro atoms. The van der Waals surface area contributed by atoms with E-state index in [9.17, 15) is 4.79 Å². The smallest absolute Gasteiger partial charge is 0.237 e. The molecule has 9 nitrogen and oxygen atoms in total. The molecule has 2 aromatic heterocycles. The van der Waals surface area contributed by atoms with E-state index in [1.54, 1.807) is 6.07 Å². The Kier molecular flexibility index (Phi) is 10.8. The van der Waals surface area contributed by atoms with Gasteiger partial charge in [0.2, 0.25) is 11.8 Å². The van der Waals surface area contributed by atoms with Crippen LogP contribution in [0.1, 0.15) is 79.0 Å². The Hall–Kier alpha value is -4.15. The first-order chi connectivity index (χ1) is 23.3. The minimum absolute atomic E-state index is 0.0809. The maximum absolute atomic E-state index is 11.3. The van der Waals surface area contributed by atoms with E-state index in [1.165, 1.54) is 43.3 Å². The number of hydrogen-bond donors (Lipinski definition) is 3. The van der Waals surface area contributed by atoms with Gasteiger partial charge in [-0.25, -0.2) is 4.98 Å². The average molecular weight is 666 g/mol. The standard InChI is InChI=1S/C38H47N7O2S/c1-24(2)34-18-33-37(45(34)5)41-30(21-40-33)20-39-29(16-27-12-6-7-13-27)23-47-35-19-32(36-25(3)10-8-11-26(36)4)42-38(43-35)44-48-31-15-9-14-28(17-31)22-46/h8-11,14-15,17-19,21-22,24,27,29-30,39,41H,6-7,12-13,16,20,23H2,1-5H3,(H,42,43,44). The normalized spacial score (nSPS) is 16.5. The summed E-state index contributed by atoms with van der Waals surface area (Å²) in [6.45, 7) is 9.86. The van der Waals surface area contributed by atoms with Gasteiger partial charge in [-0.05, 0) is 73.4 Å². The summed E-state index contributed by atoms with van der Waals surface area (Å²) in [6.07, 6.45) is 9.07. The number of aromatic nitrogens is 3. The predicted octanol–water partition coefficient (Wildman–Crippen LogP) is 8.27. The Morgan fingerprint density at radius 2 is 1.83 bits per heavy atom. The van der Waals surface area contributed by atoms with E-state index in [0.717, 1.165) is 58.0 Å². The third-order valence-electron chi connectivity index (χ3n) is 9.40. The van der Waals surface area contributed by atoms with E-state index < -0.39 is 0 Å². The molecule has 0 bridgehead atoms. The van der Waals surface area contributed by atoms with Crippen LogP contribution in [-0.4, -0.2) is 52.3 Å². The number of anilines is 2. The van der Waals surface area contributed by atoms with Crippen LogP contribution < -0.4 is 20.1 Å². The van der Waals surface area contributed by atoms with Crippen LogP contribution in [0, 0.1) is 19.8 Å². The lowest BCUT2D eigenvalue weighted by molar-refractivity contribution is 0.112. The summed E-state index contributed by atoms with van der Waals surface area (Å²) in [6, 6.07) is 18.1. The number of carbonyl (C=O) groups is 1. The van der Waals surface area contributed by atoms with Crippen molar-refractivity contribution in [1.29, 1.82) is 0 Å². The number of aryl methyl sites for hydroxylation is 2. The summed E-state index contributed by atoms with van der Waals surface area (Å²) in [5, 5.41) is 7.52. The number of rotatable bonds is 14. The van der Waals surface area contributed by atoms with Gasteiger partial charge >= 0.3 is 0 Å². The number of aliphatic imine (C=N–C) groups is 1. The van der Waals surface area contributed by atoms with Gasteiger partial charge < -0.3 is 19.9 Å². The second kappa shape index (κ2) is 15.4. The lowest BCUT2D eigenvalue weighted by Gasteiger charge is -2.26.